The molecule has 2 aromatic rings. The minimum absolute atomic E-state index is 0.00784. The number of nitrogens with two attached hydrogens (primary N) is 1. The molecule has 4 nitrogen and oxygen atoms in total. The Morgan fingerprint density at radius 2 is 1.92 bits per heavy atom. The van der Waals surface area contributed by atoms with E-state index in [-0.39, 0.29) is 17.9 Å². The Morgan fingerprint density at radius 3 is 2.67 bits per heavy atom. The first-order valence-corrected chi connectivity index (χ1v) is 8.75. The fourth-order valence-electron chi connectivity index (χ4n) is 4.54. The number of carbonyl (C=O) groups is 1. The molecule has 2 aliphatic rings. The van der Waals surface area contributed by atoms with E-state index in [0.29, 0.717) is 18.4 Å². The number of hydrogen-bond donors (Lipinski definition) is 2. The van der Waals surface area contributed by atoms with Gasteiger partial charge in [0.05, 0.1) is 13.0 Å². The SMILES string of the molecule is COc1ccc2cc(CNC(=O)C3C4CCC(C4)C3N)ccc2c1. The number of amides is 1. The van der Waals surface area contributed by atoms with Crippen LogP contribution in [0.1, 0.15) is 24.8 Å². The van der Waals surface area contributed by atoms with Crippen molar-refractivity contribution in [2.24, 2.45) is 23.5 Å². The topological polar surface area (TPSA) is 64.3 Å². The first-order chi connectivity index (χ1) is 11.7. The number of hydrogen-bond acceptors (Lipinski definition) is 3. The van der Waals surface area contributed by atoms with Crippen LogP contribution in [0.15, 0.2) is 36.4 Å². The lowest BCUT2D eigenvalue weighted by molar-refractivity contribution is -0.127. The van der Waals surface area contributed by atoms with Crippen molar-refractivity contribution in [1.29, 1.82) is 0 Å². The van der Waals surface area contributed by atoms with Gasteiger partial charge in [-0.3, -0.25) is 4.79 Å². The lowest BCUT2D eigenvalue weighted by Gasteiger charge is -2.27. The first kappa shape index (κ1) is 15.5. The average Bonchev–Trinajstić information content (AvgIpc) is 3.20. The quantitative estimate of drug-likeness (QED) is 0.909. The molecule has 0 spiro atoms. The van der Waals surface area contributed by atoms with Gasteiger partial charge in [0, 0.05) is 12.6 Å². The summed E-state index contributed by atoms with van der Waals surface area (Å²) in [6, 6.07) is 12.3. The molecular formula is C20H24N2O2. The molecule has 2 aromatic carbocycles. The summed E-state index contributed by atoms with van der Waals surface area (Å²) in [5.74, 6) is 2.04. The maximum atomic E-state index is 12.6. The molecule has 4 unspecified atom stereocenters. The van der Waals surface area contributed by atoms with Crippen molar-refractivity contribution in [3.05, 3.63) is 42.0 Å². The molecule has 0 aromatic heterocycles. The number of fused-ring (bicyclic) bond motifs is 3. The van der Waals surface area contributed by atoms with Crippen molar-refractivity contribution in [2.45, 2.75) is 31.8 Å². The fourth-order valence-corrected chi connectivity index (χ4v) is 4.54. The molecule has 24 heavy (non-hydrogen) atoms. The summed E-state index contributed by atoms with van der Waals surface area (Å²) in [4.78, 5) is 12.6. The molecule has 1 amide bonds. The Morgan fingerprint density at radius 1 is 1.17 bits per heavy atom. The van der Waals surface area contributed by atoms with Crippen molar-refractivity contribution in [3.63, 3.8) is 0 Å². The number of benzene rings is 2. The van der Waals surface area contributed by atoms with Gasteiger partial charge in [-0.1, -0.05) is 18.2 Å². The molecule has 4 rings (SSSR count). The predicted octanol–water partition coefficient (Wildman–Crippen LogP) is 2.84. The van der Waals surface area contributed by atoms with Gasteiger partial charge in [0.1, 0.15) is 5.75 Å². The molecule has 126 valence electrons. The molecule has 4 atom stereocenters. The van der Waals surface area contributed by atoms with E-state index in [2.05, 4.69) is 23.5 Å². The van der Waals surface area contributed by atoms with Crippen LogP contribution in [0.25, 0.3) is 10.8 Å². The molecule has 2 bridgehead atoms. The van der Waals surface area contributed by atoms with E-state index in [9.17, 15) is 4.79 Å². The van der Waals surface area contributed by atoms with Gasteiger partial charge in [-0.15, -0.1) is 0 Å². The maximum Gasteiger partial charge on any atom is 0.225 e. The highest BCUT2D eigenvalue weighted by Crippen LogP contribution is 2.47. The number of methoxy groups -OCH3 is 1. The third-order valence-electron chi connectivity index (χ3n) is 5.86. The average molecular weight is 324 g/mol. The van der Waals surface area contributed by atoms with E-state index >= 15 is 0 Å². The summed E-state index contributed by atoms with van der Waals surface area (Å²) in [7, 11) is 1.67. The van der Waals surface area contributed by atoms with E-state index in [4.69, 9.17) is 10.5 Å². The maximum absolute atomic E-state index is 12.6. The molecule has 0 aliphatic heterocycles. The van der Waals surface area contributed by atoms with Gasteiger partial charge < -0.3 is 15.8 Å². The lowest BCUT2D eigenvalue weighted by atomic mass is 9.84. The number of nitrogens with one attached hydrogen (secondary N) is 1. The van der Waals surface area contributed by atoms with Crippen LogP contribution in [0.5, 0.6) is 5.75 Å². The van der Waals surface area contributed by atoms with Crippen molar-refractivity contribution < 1.29 is 9.53 Å². The summed E-state index contributed by atoms with van der Waals surface area (Å²) < 4.78 is 5.25. The Kier molecular flexibility index (Phi) is 3.93. The van der Waals surface area contributed by atoms with Gasteiger partial charge in [-0.25, -0.2) is 0 Å². The van der Waals surface area contributed by atoms with Crippen LogP contribution >= 0.6 is 0 Å². The Balaban J connectivity index is 1.44. The smallest absolute Gasteiger partial charge is 0.225 e. The molecular weight excluding hydrogens is 300 g/mol. The van der Waals surface area contributed by atoms with E-state index < -0.39 is 0 Å². The van der Waals surface area contributed by atoms with Crippen molar-refractivity contribution in [2.75, 3.05) is 7.11 Å². The zero-order valence-corrected chi connectivity index (χ0v) is 14.0. The van der Waals surface area contributed by atoms with Gasteiger partial charge in [0.15, 0.2) is 0 Å². The second kappa shape index (κ2) is 6.10. The van der Waals surface area contributed by atoms with Crippen LogP contribution in [0, 0.1) is 17.8 Å². The third kappa shape index (κ3) is 2.65. The van der Waals surface area contributed by atoms with Gasteiger partial charge in [-0.2, -0.15) is 0 Å². The minimum atomic E-state index is 0.00784. The minimum Gasteiger partial charge on any atom is -0.497 e. The predicted molar refractivity (Wildman–Crippen MR) is 94.6 cm³/mol. The van der Waals surface area contributed by atoms with Crippen LogP contribution in [0.3, 0.4) is 0 Å². The largest absolute Gasteiger partial charge is 0.497 e. The third-order valence-corrected chi connectivity index (χ3v) is 5.86. The first-order valence-electron chi connectivity index (χ1n) is 8.75. The lowest BCUT2D eigenvalue weighted by Crippen LogP contribution is -2.45. The molecule has 2 saturated carbocycles. The van der Waals surface area contributed by atoms with E-state index in [1.807, 2.05) is 18.2 Å². The van der Waals surface area contributed by atoms with Crippen LogP contribution < -0.4 is 15.8 Å². The number of ether oxygens (including phenoxy) is 1. The highest BCUT2D eigenvalue weighted by molar-refractivity contribution is 5.85. The fraction of sp³-hybridized carbons (Fsp3) is 0.450. The van der Waals surface area contributed by atoms with Crippen LogP contribution in [-0.2, 0) is 11.3 Å². The Bertz CT molecular complexity index is 771. The molecule has 3 N–H and O–H groups in total. The second-order valence-corrected chi connectivity index (χ2v) is 7.20. The van der Waals surface area contributed by atoms with Crippen molar-refractivity contribution in [1.82, 2.24) is 5.32 Å². The Hall–Kier alpha value is -2.07. The van der Waals surface area contributed by atoms with E-state index in [0.717, 1.165) is 34.9 Å². The van der Waals surface area contributed by atoms with Gasteiger partial charge in [-0.05, 0) is 65.6 Å². The molecule has 0 saturated heterocycles. The zero-order valence-electron chi connectivity index (χ0n) is 14.0. The van der Waals surface area contributed by atoms with Crippen molar-refractivity contribution in [3.8, 4) is 5.75 Å². The highest BCUT2D eigenvalue weighted by atomic mass is 16.5. The van der Waals surface area contributed by atoms with Crippen LogP contribution in [0.4, 0.5) is 0 Å². The van der Waals surface area contributed by atoms with Crippen molar-refractivity contribution >= 4 is 16.7 Å². The molecule has 2 fully saturated rings. The van der Waals surface area contributed by atoms with Crippen LogP contribution in [0.2, 0.25) is 0 Å². The van der Waals surface area contributed by atoms with Gasteiger partial charge in [0.2, 0.25) is 5.91 Å². The van der Waals surface area contributed by atoms with Gasteiger partial charge >= 0.3 is 0 Å². The molecule has 2 aliphatic carbocycles. The van der Waals surface area contributed by atoms with Crippen LogP contribution in [-0.4, -0.2) is 19.1 Å². The number of rotatable bonds is 4. The zero-order chi connectivity index (χ0) is 16.7. The summed E-state index contributed by atoms with van der Waals surface area (Å²) >= 11 is 0. The highest BCUT2D eigenvalue weighted by Gasteiger charge is 2.48. The Labute approximate surface area is 142 Å². The van der Waals surface area contributed by atoms with E-state index in [1.54, 1.807) is 7.11 Å². The summed E-state index contributed by atoms with van der Waals surface area (Å²) in [6.45, 7) is 0.557. The van der Waals surface area contributed by atoms with E-state index in [1.165, 1.54) is 6.42 Å². The number of carbonyl (C=O) groups excluding carboxylic acids is 1. The van der Waals surface area contributed by atoms with Gasteiger partial charge in [0.25, 0.3) is 0 Å². The monoisotopic (exact) mass is 324 g/mol. The summed E-state index contributed by atoms with van der Waals surface area (Å²) in [5, 5.41) is 5.39. The normalized spacial score (nSPS) is 28.2. The summed E-state index contributed by atoms with van der Waals surface area (Å²) in [6.07, 6.45) is 3.50. The molecule has 0 radical (unpaired) electrons. The molecule has 0 heterocycles. The second-order valence-electron chi connectivity index (χ2n) is 7.20. The molecule has 4 heteroatoms. The summed E-state index contributed by atoms with van der Waals surface area (Å²) in [5.41, 5.74) is 7.37. The standard InChI is InChI=1S/C20H24N2O2/c1-24-17-7-6-13-8-12(2-3-14(13)10-17)11-22-20(23)18-15-4-5-16(9-15)19(18)21/h2-3,6-8,10,15-16,18-19H,4-5,9,11,21H2,1H3,(H,22,23).